The first kappa shape index (κ1) is 25.3. The van der Waals surface area contributed by atoms with E-state index in [1.807, 2.05) is 10.6 Å². The van der Waals surface area contributed by atoms with Gasteiger partial charge in [0.1, 0.15) is 24.2 Å². The van der Waals surface area contributed by atoms with Gasteiger partial charge in [-0.05, 0) is 48.5 Å². The molecule has 0 radical (unpaired) electrons. The van der Waals surface area contributed by atoms with Crippen molar-refractivity contribution in [2.75, 3.05) is 24.1 Å². The van der Waals surface area contributed by atoms with Crippen LogP contribution in [-0.2, 0) is 19.6 Å². The van der Waals surface area contributed by atoms with E-state index in [1.54, 1.807) is 42.7 Å². The maximum atomic E-state index is 13.4. The molecule has 12 heteroatoms. The highest BCUT2D eigenvalue weighted by atomic mass is 35.5. The molecule has 2 aromatic heterocycles. The minimum atomic E-state index is -4.29. The van der Waals surface area contributed by atoms with Crippen molar-refractivity contribution in [2.45, 2.75) is 17.4 Å². The van der Waals surface area contributed by atoms with Gasteiger partial charge in [0.15, 0.2) is 0 Å². The third kappa shape index (κ3) is 5.37. The number of halogens is 2. The van der Waals surface area contributed by atoms with Crippen LogP contribution in [0.4, 0.5) is 5.69 Å². The van der Waals surface area contributed by atoms with Gasteiger partial charge >= 0.3 is 5.97 Å². The number of sulfonamides is 1. The van der Waals surface area contributed by atoms with Crippen LogP contribution in [0.5, 0.6) is 5.75 Å². The van der Waals surface area contributed by atoms with E-state index in [9.17, 15) is 18.3 Å². The van der Waals surface area contributed by atoms with Crippen molar-refractivity contribution in [3.05, 3.63) is 77.0 Å². The highest BCUT2D eigenvalue weighted by Crippen LogP contribution is 2.31. The number of pyridine rings is 1. The van der Waals surface area contributed by atoms with Gasteiger partial charge in [-0.1, -0.05) is 23.2 Å². The molecule has 0 spiro atoms. The van der Waals surface area contributed by atoms with E-state index in [2.05, 4.69) is 4.98 Å². The summed E-state index contributed by atoms with van der Waals surface area (Å²) < 4.78 is 40.8. The zero-order chi connectivity index (χ0) is 26.2. The monoisotopic (exact) mass is 561 g/mol. The Hall–Kier alpha value is -3.31. The molecule has 0 saturated carbocycles. The van der Waals surface area contributed by atoms with Gasteiger partial charge < -0.3 is 19.1 Å². The van der Waals surface area contributed by atoms with Crippen LogP contribution in [0, 0.1) is 0 Å². The fourth-order valence-corrected chi connectivity index (χ4v) is 6.26. The van der Waals surface area contributed by atoms with Crippen LogP contribution in [0.25, 0.3) is 16.7 Å². The zero-order valence-corrected chi connectivity index (χ0v) is 21.6. The Kier molecular flexibility index (Phi) is 7.00. The Bertz CT molecular complexity index is 1560. The average Bonchev–Trinajstić information content (AvgIpc) is 3.51. The van der Waals surface area contributed by atoms with E-state index in [1.165, 1.54) is 18.2 Å². The van der Waals surface area contributed by atoms with E-state index < -0.39 is 22.5 Å². The maximum Gasteiger partial charge on any atom is 0.324 e. The van der Waals surface area contributed by atoms with Gasteiger partial charge in [0, 0.05) is 40.3 Å². The standard InChI is InChI=1S/C25H21Cl2N3O6S/c26-17-10-18(27)12-22(11-17)37(33,34)30(14-25(31)32)19-1-2-23-16(9-19)4-7-29(23)24-13-20(3-6-28-24)36-21-5-8-35-15-21/h1-4,6-7,9-13,21H,5,8,14-15H2,(H,31,32). The molecule has 1 unspecified atom stereocenters. The molecule has 1 fully saturated rings. The van der Waals surface area contributed by atoms with Crippen LogP contribution >= 0.6 is 23.2 Å². The first-order valence-electron chi connectivity index (χ1n) is 11.2. The van der Waals surface area contributed by atoms with Crippen molar-refractivity contribution in [3.63, 3.8) is 0 Å². The van der Waals surface area contributed by atoms with Crippen LogP contribution < -0.4 is 9.04 Å². The SMILES string of the molecule is O=C(O)CN(c1ccc2c(ccn2-c2cc(OC3CCOC3)ccn2)c1)S(=O)(=O)c1cc(Cl)cc(Cl)c1. The molecule has 5 rings (SSSR count). The Morgan fingerprint density at radius 1 is 1.14 bits per heavy atom. The smallest absolute Gasteiger partial charge is 0.324 e. The van der Waals surface area contributed by atoms with Crippen molar-refractivity contribution in [3.8, 4) is 11.6 Å². The van der Waals surface area contributed by atoms with Gasteiger partial charge in [-0.2, -0.15) is 0 Å². The summed E-state index contributed by atoms with van der Waals surface area (Å²) in [6, 6.07) is 14.1. The molecule has 1 atom stereocenters. The Labute approximate surface area is 222 Å². The first-order valence-corrected chi connectivity index (χ1v) is 13.4. The number of ether oxygens (including phenoxy) is 2. The number of fused-ring (bicyclic) bond motifs is 1. The molecule has 37 heavy (non-hydrogen) atoms. The van der Waals surface area contributed by atoms with E-state index >= 15 is 0 Å². The minimum absolute atomic E-state index is 0.00393. The molecular formula is C25H21Cl2N3O6S. The van der Waals surface area contributed by atoms with E-state index in [0.29, 0.717) is 30.2 Å². The number of rotatable bonds is 8. The molecule has 0 aliphatic carbocycles. The molecular weight excluding hydrogens is 541 g/mol. The molecule has 0 bridgehead atoms. The number of carboxylic acid groups (broad SMARTS) is 1. The van der Waals surface area contributed by atoms with Crippen LogP contribution in [0.15, 0.2) is 71.9 Å². The molecule has 0 amide bonds. The molecule has 1 aliphatic rings. The molecule has 192 valence electrons. The quantitative estimate of drug-likeness (QED) is 0.329. The largest absolute Gasteiger partial charge is 0.488 e. The number of hydrogen-bond donors (Lipinski definition) is 1. The summed E-state index contributed by atoms with van der Waals surface area (Å²) in [7, 11) is -4.29. The topological polar surface area (TPSA) is 111 Å². The van der Waals surface area contributed by atoms with Crippen molar-refractivity contribution in [1.82, 2.24) is 9.55 Å². The third-order valence-electron chi connectivity index (χ3n) is 5.82. The van der Waals surface area contributed by atoms with Crippen LogP contribution in [0.2, 0.25) is 10.0 Å². The first-order chi connectivity index (χ1) is 17.7. The number of anilines is 1. The number of aliphatic carboxylic acids is 1. The molecule has 1 N–H and O–H groups in total. The van der Waals surface area contributed by atoms with Crippen molar-refractivity contribution < 1.29 is 27.8 Å². The van der Waals surface area contributed by atoms with Gasteiger partial charge in [-0.25, -0.2) is 13.4 Å². The van der Waals surface area contributed by atoms with Gasteiger partial charge in [0.05, 0.1) is 29.3 Å². The summed E-state index contributed by atoms with van der Waals surface area (Å²) in [5, 5.41) is 10.4. The van der Waals surface area contributed by atoms with Crippen LogP contribution in [0.3, 0.4) is 0 Å². The normalized spacial score (nSPS) is 15.7. The summed E-state index contributed by atoms with van der Waals surface area (Å²) in [6.45, 7) is 0.431. The highest BCUT2D eigenvalue weighted by molar-refractivity contribution is 7.92. The second kappa shape index (κ2) is 10.2. The van der Waals surface area contributed by atoms with Crippen molar-refractivity contribution in [1.29, 1.82) is 0 Å². The van der Waals surface area contributed by atoms with Gasteiger partial charge in [-0.3, -0.25) is 9.10 Å². The zero-order valence-electron chi connectivity index (χ0n) is 19.3. The fraction of sp³-hybridized carbons (Fsp3) is 0.200. The van der Waals surface area contributed by atoms with E-state index in [0.717, 1.165) is 16.2 Å². The second-order valence-electron chi connectivity index (χ2n) is 8.39. The molecule has 2 aromatic carbocycles. The number of benzene rings is 2. The van der Waals surface area contributed by atoms with Gasteiger partial charge in [-0.15, -0.1) is 0 Å². The van der Waals surface area contributed by atoms with Crippen LogP contribution in [0.1, 0.15) is 6.42 Å². The van der Waals surface area contributed by atoms with E-state index in [-0.39, 0.29) is 26.7 Å². The molecule has 4 aromatic rings. The lowest BCUT2D eigenvalue weighted by Crippen LogP contribution is -2.35. The molecule has 3 heterocycles. The molecule has 1 saturated heterocycles. The highest BCUT2D eigenvalue weighted by Gasteiger charge is 2.28. The predicted molar refractivity (Wildman–Crippen MR) is 140 cm³/mol. The van der Waals surface area contributed by atoms with Gasteiger partial charge in [0.2, 0.25) is 0 Å². The third-order valence-corrected chi connectivity index (χ3v) is 8.01. The lowest BCUT2D eigenvalue weighted by atomic mass is 10.2. The summed E-state index contributed by atoms with van der Waals surface area (Å²) in [5.41, 5.74) is 0.922. The molecule has 9 nitrogen and oxygen atoms in total. The number of hydrogen-bond acceptors (Lipinski definition) is 6. The fourth-order valence-electron chi connectivity index (χ4n) is 4.13. The number of nitrogens with zero attached hydrogens (tertiary/aromatic N) is 3. The van der Waals surface area contributed by atoms with Crippen molar-refractivity contribution >= 4 is 55.8 Å². The summed E-state index contributed by atoms with van der Waals surface area (Å²) in [4.78, 5) is 15.8. The predicted octanol–water partition coefficient (Wildman–Crippen LogP) is 4.78. The minimum Gasteiger partial charge on any atom is -0.488 e. The summed E-state index contributed by atoms with van der Waals surface area (Å²) in [5.74, 6) is -0.0383. The Morgan fingerprint density at radius 3 is 2.62 bits per heavy atom. The summed E-state index contributed by atoms with van der Waals surface area (Å²) >= 11 is 12.0. The lowest BCUT2D eigenvalue weighted by molar-refractivity contribution is -0.135. The Morgan fingerprint density at radius 2 is 1.92 bits per heavy atom. The number of carboxylic acids is 1. The Balaban J connectivity index is 1.51. The lowest BCUT2D eigenvalue weighted by Gasteiger charge is -2.23. The molecule has 1 aliphatic heterocycles. The number of carbonyl (C=O) groups is 1. The van der Waals surface area contributed by atoms with Gasteiger partial charge in [0.25, 0.3) is 10.0 Å². The van der Waals surface area contributed by atoms with E-state index in [4.69, 9.17) is 32.7 Å². The second-order valence-corrected chi connectivity index (χ2v) is 11.1. The van der Waals surface area contributed by atoms with Crippen LogP contribution in [-0.4, -0.2) is 54.9 Å². The maximum absolute atomic E-state index is 13.4. The van der Waals surface area contributed by atoms with Crippen molar-refractivity contribution in [2.24, 2.45) is 0 Å². The number of aromatic nitrogens is 2. The average molecular weight is 562 g/mol. The summed E-state index contributed by atoms with van der Waals surface area (Å²) in [6.07, 6.45) is 4.27.